The number of ether oxygens (including phenoxy) is 1. The van der Waals surface area contributed by atoms with E-state index in [0.717, 1.165) is 41.2 Å². The van der Waals surface area contributed by atoms with Crippen LogP contribution in [0.3, 0.4) is 0 Å². The summed E-state index contributed by atoms with van der Waals surface area (Å²) in [7, 11) is 0. The fourth-order valence-electron chi connectivity index (χ4n) is 5.86. The van der Waals surface area contributed by atoms with Gasteiger partial charge >= 0.3 is 6.09 Å². The number of carbonyl (C=O) groups is 5. The van der Waals surface area contributed by atoms with Gasteiger partial charge in [-0.25, -0.2) is 4.79 Å². The molecular formula is C35H41N5O6. The Kier molecular flexibility index (Phi) is 10.9. The maximum Gasteiger partial charge on any atom is 0.408 e. The van der Waals surface area contributed by atoms with Crippen molar-refractivity contribution in [3.8, 4) is 0 Å². The predicted molar refractivity (Wildman–Crippen MR) is 172 cm³/mol. The molecule has 0 unspecified atom stereocenters. The number of piperidine rings is 1. The van der Waals surface area contributed by atoms with Gasteiger partial charge in [0.15, 0.2) is 0 Å². The van der Waals surface area contributed by atoms with Crippen LogP contribution < -0.4 is 27.0 Å². The molecule has 1 aliphatic heterocycles. The lowest BCUT2D eigenvalue weighted by atomic mass is 9.91. The fraction of sp³-hybridized carbons (Fsp3) is 0.400. The Morgan fingerprint density at radius 2 is 1.50 bits per heavy atom. The second-order valence-corrected chi connectivity index (χ2v) is 12.2. The fourth-order valence-corrected chi connectivity index (χ4v) is 5.86. The van der Waals surface area contributed by atoms with Crippen molar-refractivity contribution >= 4 is 40.5 Å². The van der Waals surface area contributed by atoms with E-state index >= 15 is 0 Å². The first-order valence-electron chi connectivity index (χ1n) is 15.9. The molecule has 4 atom stereocenters. The molecule has 1 aliphatic carbocycles. The lowest BCUT2D eigenvalue weighted by Crippen LogP contribution is -2.57. The minimum absolute atomic E-state index is 0.0233. The van der Waals surface area contributed by atoms with Crippen molar-refractivity contribution in [1.82, 2.24) is 21.3 Å². The van der Waals surface area contributed by atoms with Crippen molar-refractivity contribution in [3.05, 3.63) is 83.9 Å². The van der Waals surface area contributed by atoms with Gasteiger partial charge in [0, 0.05) is 18.9 Å². The van der Waals surface area contributed by atoms with Gasteiger partial charge < -0.3 is 31.7 Å². The number of primary amides is 1. The van der Waals surface area contributed by atoms with E-state index in [1.807, 2.05) is 72.8 Å². The van der Waals surface area contributed by atoms with Crippen LogP contribution in [-0.4, -0.2) is 54.4 Å². The van der Waals surface area contributed by atoms with Gasteiger partial charge in [-0.1, -0.05) is 85.6 Å². The van der Waals surface area contributed by atoms with Crippen molar-refractivity contribution in [2.24, 2.45) is 17.6 Å². The zero-order chi connectivity index (χ0) is 32.5. The highest BCUT2D eigenvalue weighted by Gasteiger charge is 2.35. The van der Waals surface area contributed by atoms with Crippen molar-refractivity contribution in [2.45, 2.75) is 69.7 Å². The quantitative estimate of drug-likeness (QED) is 0.184. The Balaban J connectivity index is 1.31. The summed E-state index contributed by atoms with van der Waals surface area (Å²) in [6.45, 7) is 0.599. The molecule has 0 radical (unpaired) electrons. The second kappa shape index (κ2) is 15.4. The molecular weight excluding hydrogens is 586 g/mol. The standard InChI is InChI=1S/C35H41N5O6/c36-31(41)28(20-26-13-7-17-37-32(26)42)38-33(43)29(18-22-15-16-22)39-34(44)30(40-35(45)46-21-23-8-2-1-3-9-23)19-25-12-6-11-24-10-4-5-14-27(24)25/h1-6,8-12,14,22,26,28-30H,7,13,15-21H2,(H2,36,41)(H,37,42)(H,38,43)(H,39,44)(H,40,45)/t26-,28-,29-,30-/m0/s1. The summed E-state index contributed by atoms with van der Waals surface area (Å²) in [5.74, 6) is -2.24. The number of amides is 5. The van der Waals surface area contributed by atoms with Crippen LogP contribution in [0.25, 0.3) is 10.8 Å². The minimum atomic E-state index is -1.07. The molecule has 1 saturated carbocycles. The molecule has 5 amide bonds. The monoisotopic (exact) mass is 627 g/mol. The van der Waals surface area contributed by atoms with Gasteiger partial charge in [0.1, 0.15) is 24.7 Å². The molecule has 6 N–H and O–H groups in total. The highest BCUT2D eigenvalue weighted by atomic mass is 16.5. The maximum atomic E-state index is 13.9. The molecule has 0 bridgehead atoms. The van der Waals surface area contributed by atoms with Gasteiger partial charge in [-0.3, -0.25) is 19.2 Å². The van der Waals surface area contributed by atoms with E-state index in [1.54, 1.807) is 0 Å². The molecule has 3 aromatic rings. The highest BCUT2D eigenvalue weighted by molar-refractivity contribution is 5.94. The first kappa shape index (κ1) is 32.5. The van der Waals surface area contributed by atoms with Gasteiger partial charge in [-0.15, -0.1) is 0 Å². The van der Waals surface area contributed by atoms with Crippen LogP contribution in [0, 0.1) is 11.8 Å². The molecule has 242 valence electrons. The third kappa shape index (κ3) is 9.06. The lowest BCUT2D eigenvalue weighted by molar-refractivity contribution is -0.133. The zero-order valence-electron chi connectivity index (χ0n) is 25.7. The van der Waals surface area contributed by atoms with Crippen LogP contribution in [-0.2, 0) is 36.9 Å². The number of hydrogen-bond donors (Lipinski definition) is 5. The van der Waals surface area contributed by atoms with Crippen LogP contribution in [0.15, 0.2) is 72.8 Å². The first-order valence-corrected chi connectivity index (χ1v) is 15.9. The van der Waals surface area contributed by atoms with E-state index in [-0.39, 0.29) is 31.3 Å². The molecule has 11 nitrogen and oxygen atoms in total. The number of nitrogens with two attached hydrogens (primary N) is 1. The second-order valence-electron chi connectivity index (χ2n) is 12.2. The van der Waals surface area contributed by atoms with E-state index in [0.29, 0.717) is 19.4 Å². The predicted octanol–water partition coefficient (Wildman–Crippen LogP) is 2.85. The summed E-state index contributed by atoms with van der Waals surface area (Å²) in [6, 6.07) is 19.6. The van der Waals surface area contributed by atoms with Crippen molar-refractivity contribution in [1.29, 1.82) is 0 Å². The summed E-state index contributed by atoms with van der Waals surface area (Å²) in [4.78, 5) is 65.0. The number of carbonyl (C=O) groups excluding carboxylic acids is 5. The summed E-state index contributed by atoms with van der Waals surface area (Å²) >= 11 is 0. The average Bonchev–Trinajstić information content (AvgIpc) is 3.88. The van der Waals surface area contributed by atoms with Gasteiger partial charge in [-0.2, -0.15) is 0 Å². The largest absolute Gasteiger partial charge is 0.445 e. The average molecular weight is 628 g/mol. The van der Waals surface area contributed by atoms with Gasteiger partial charge in [0.05, 0.1) is 0 Å². The summed E-state index contributed by atoms with van der Waals surface area (Å²) in [5, 5.41) is 12.9. The molecule has 11 heteroatoms. The Morgan fingerprint density at radius 3 is 2.24 bits per heavy atom. The number of nitrogens with one attached hydrogen (secondary N) is 4. The van der Waals surface area contributed by atoms with Gasteiger partial charge in [-0.05, 0) is 53.5 Å². The molecule has 2 aliphatic rings. The molecule has 1 saturated heterocycles. The minimum Gasteiger partial charge on any atom is -0.445 e. The molecule has 3 aromatic carbocycles. The molecule has 0 aromatic heterocycles. The van der Waals surface area contributed by atoms with E-state index in [4.69, 9.17) is 10.5 Å². The number of alkyl carbamates (subject to hydrolysis) is 1. The smallest absolute Gasteiger partial charge is 0.408 e. The third-order valence-electron chi connectivity index (χ3n) is 8.60. The van der Waals surface area contributed by atoms with Crippen LogP contribution in [0.1, 0.15) is 49.7 Å². The van der Waals surface area contributed by atoms with Crippen molar-refractivity contribution in [2.75, 3.05) is 6.54 Å². The molecule has 46 heavy (non-hydrogen) atoms. The zero-order valence-corrected chi connectivity index (χ0v) is 25.7. The van der Waals surface area contributed by atoms with Crippen LogP contribution in [0.5, 0.6) is 0 Å². The summed E-state index contributed by atoms with van der Waals surface area (Å²) < 4.78 is 5.43. The Bertz CT molecular complexity index is 1550. The summed E-state index contributed by atoms with van der Waals surface area (Å²) in [5.41, 5.74) is 7.27. The van der Waals surface area contributed by atoms with E-state index in [9.17, 15) is 24.0 Å². The van der Waals surface area contributed by atoms with E-state index in [1.165, 1.54) is 0 Å². The molecule has 1 heterocycles. The van der Waals surface area contributed by atoms with E-state index in [2.05, 4.69) is 21.3 Å². The van der Waals surface area contributed by atoms with Crippen LogP contribution in [0.4, 0.5) is 4.79 Å². The Labute approximate surface area is 268 Å². The maximum absolute atomic E-state index is 13.9. The van der Waals surface area contributed by atoms with Crippen LogP contribution in [0.2, 0.25) is 0 Å². The number of benzene rings is 3. The Hall–Kier alpha value is -4.93. The van der Waals surface area contributed by atoms with Crippen LogP contribution >= 0.6 is 0 Å². The van der Waals surface area contributed by atoms with Crippen molar-refractivity contribution in [3.63, 3.8) is 0 Å². The third-order valence-corrected chi connectivity index (χ3v) is 8.60. The van der Waals surface area contributed by atoms with Crippen molar-refractivity contribution < 1.29 is 28.7 Å². The van der Waals surface area contributed by atoms with E-state index < -0.39 is 47.9 Å². The normalized spacial score (nSPS) is 18.0. The number of fused-ring (bicyclic) bond motifs is 1. The number of rotatable bonds is 14. The first-order chi connectivity index (χ1) is 22.3. The molecule has 0 spiro atoms. The Morgan fingerprint density at radius 1 is 0.804 bits per heavy atom. The van der Waals surface area contributed by atoms with Gasteiger partial charge in [0.2, 0.25) is 23.6 Å². The summed E-state index contributed by atoms with van der Waals surface area (Å²) in [6.07, 6.45) is 3.03. The topological polar surface area (TPSA) is 169 Å². The molecule has 2 fully saturated rings. The number of hydrogen-bond acceptors (Lipinski definition) is 6. The van der Waals surface area contributed by atoms with Gasteiger partial charge in [0.25, 0.3) is 0 Å². The molecule has 5 rings (SSSR count). The lowest BCUT2D eigenvalue weighted by Gasteiger charge is -2.27. The SMILES string of the molecule is NC(=O)[C@H](C[C@@H]1CCCNC1=O)NC(=O)[C@H](CC1CC1)NC(=O)[C@H](Cc1cccc2ccccc12)NC(=O)OCc1ccccc1. The highest BCUT2D eigenvalue weighted by Crippen LogP contribution is 2.33.